The fourth-order valence-corrected chi connectivity index (χ4v) is 3.26. The summed E-state index contributed by atoms with van der Waals surface area (Å²) in [4.78, 5) is 26.6. The highest BCUT2D eigenvalue weighted by Gasteiger charge is 2.29. The number of likely N-dealkylation sites (tertiary alicyclic amines) is 1. The van der Waals surface area contributed by atoms with Crippen LogP contribution in [0.5, 0.6) is 11.5 Å². The molecule has 1 aromatic carbocycles. The lowest BCUT2D eigenvalue weighted by Crippen LogP contribution is -2.49. The molecule has 2 aliphatic rings. The predicted molar refractivity (Wildman–Crippen MR) is 93.6 cm³/mol. The molecule has 2 aliphatic heterocycles. The fraction of sp³-hybridized carbons (Fsp3) is 0.556. The van der Waals surface area contributed by atoms with E-state index in [0.717, 1.165) is 25.9 Å². The Balaban J connectivity index is 1.51. The number of amides is 2. The molecule has 3 rings (SSSR count). The Morgan fingerprint density at radius 3 is 2.68 bits per heavy atom. The number of carbonyl (C=O) groups excluding carboxylic acids is 2. The Morgan fingerprint density at radius 2 is 1.96 bits per heavy atom. The van der Waals surface area contributed by atoms with Crippen molar-refractivity contribution in [2.45, 2.75) is 32.7 Å². The van der Waals surface area contributed by atoms with Crippen molar-refractivity contribution < 1.29 is 19.1 Å². The third-order valence-corrected chi connectivity index (χ3v) is 4.82. The average Bonchev–Trinajstić information content (AvgIpc) is 3.09. The number of hydrogen-bond donors (Lipinski definition) is 2. The molecule has 0 radical (unpaired) electrons. The van der Waals surface area contributed by atoms with Gasteiger partial charge in [0.2, 0.25) is 18.6 Å². The number of rotatable bonds is 5. The van der Waals surface area contributed by atoms with Crippen molar-refractivity contribution in [3.63, 3.8) is 0 Å². The molecule has 0 aromatic heterocycles. The van der Waals surface area contributed by atoms with Crippen LogP contribution in [0.25, 0.3) is 0 Å². The summed E-state index contributed by atoms with van der Waals surface area (Å²) in [7, 11) is 0. The number of fused-ring (bicyclic) bond motifs is 1. The van der Waals surface area contributed by atoms with E-state index in [1.165, 1.54) is 0 Å². The summed E-state index contributed by atoms with van der Waals surface area (Å²) in [6.07, 6.45) is 1.50. The van der Waals surface area contributed by atoms with Crippen molar-refractivity contribution in [3.05, 3.63) is 18.2 Å². The second-order valence-electron chi connectivity index (χ2n) is 6.44. The van der Waals surface area contributed by atoms with Gasteiger partial charge in [-0.25, -0.2) is 0 Å². The summed E-state index contributed by atoms with van der Waals surface area (Å²) in [5.74, 6) is 1.38. The van der Waals surface area contributed by atoms with E-state index < -0.39 is 0 Å². The minimum absolute atomic E-state index is 0.0178. The molecule has 0 saturated carbocycles. The number of anilines is 1. The number of likely N-dealkylation sites (N-methyl/N-ethyl adjacent to an activating group) is 1. The van der Waals surface area contributed by atoms with Crippen LogP contribution in [-0.2, 0) is 9.59 Å². The fourth-order valence-electron chi connectivity index (χ4n) is 3.26. The van der Waals surface area contributed by atoms with Crippen molar-refractivity contribution in [1.29, 1.82) is 0 Å². The van der Waals surface area contributed by atoms with Gasteiger partial charge < -0.3 is 20.1 Å². The lowest BCUT2D eigenvalue weighted by atomic mass is 9.94. The van der Waals surface area contributed by atoms with Crippen LogP contribution < -0.4 is 20.1 Å². The number of piperidine rings is 1. The Labute approximate surface area is 147 Å². The largest absolute Gasteiger partial charge is 0.454 e. The second kappa shape index (κ2) is 7.74. The van der Waals surface area contributed by atoms with Crippen molar-refractivity contribution in [2.75, 3.05) is 31.7 Å². The van der Waals surface area contributed by atoms with Gasteiger partial charge in [0.05, 0.1) is 6.04 Å². The van der Waals surface area contributed by atoms with Crippen LogP contribution in [0.3, 0.4) is 0 Å². The molecule has 0 bridgehead atoms. The number of benzene rings is 1. The highest BCUT2D eigenvalue weighted by Crippen LogP contribution is 2.34. The SMILES string of the molecule is CCNC(=O)[C@@H](C)N1CCC(C(=O)Nc2ccc3c(c2)OCO3)CC1. The molecule has 0 unspecified atom stereocenters. The summed E-state index contributed by atoms with van der Waals surface area (Å²) >= 11 is 0. The van der Waals surface area contributed by atoms with E-state index in [9.17, 15) is 9.59 Å². The van der Waals surface area contributed by atoms with Crippen LogP contribution in [-0.4, -0.2) is 49.2 Å². The van der Waals surface area contributed by atoms with E-state index in [2.05, 4.69) is 15.5 Å². The molecular weight excluding hydrogens is 322 g/mol. The lowest BCUT2D eigenvalue weighted by molar-refractivity contribution is -0.127. The normalized spacial score (nSPS) is 18.6. The molecule has 7 nitrogen and oxygen atoms in total. The molecule has 1 atom stereocenters. The van der Waals surface area contributed by atoms with E-state index in [4.69, 9.17) is 9.47 Å². The first kappa shape index (κ1) is 17.5. The maximum absolute atomic E-state index is 12.5. The zero-order valence-corrected chi connectivity index (χ0v) is 14.7. The van der Waals surface area contributed by atoms with Gasteiger partial charge in [0, 0.05) is 24.2 Å². The first-order valence-corrected chi connectivity index (χ1v) is 8.80. The average molecular weight is 347 g/mol. The molecule has 1 aromatic rings. The molecule has 2 heterocycles. The summed E-state index contributed by atoms with van der Waals surface area (Å²) in [6, 6.07) is 5.25. The van der Waals surface area contributed by atoms with Gasteiger partial charge in [0.15, 0.2) is 11.5 Å². The maximum atomic E-state index is 12.5. The van der Waals surface area contributed by atoms with Gasteiger partial charge in [0.25, 0.3) is 0 Å². The first-order chi connectivity index (χ1) is 12.1. The van der Waals surface area contributed by atoms with E-state index >= 15 is 0 Å². The molecule has 1 fully saturated rings. The molecule has 0 aliphatic carbocycles. The molecular formula is C18H25N3O4. The van der Waals surface area contributed by atoms with Gasteiger partial charge in [-0.3, -0.25) is 14.5 Å². The second-order valence-corrected chi connectivity index (χ2v) is 6.44. The summed E-state index contributed by atoms with van der Waals surface area (Å²) < 4.78 is 10.6. The Morgan fingerprint density at radius 1 is 1.24 bits per heavy atom. The van der Waals surface area contributed by atoms with Crippen LogP contribution >= 0.6 is 0 Å². The Bertz CT molecular complexity index is 641. The summed E-state index contributed by atoms with van der Waals surface area (Å²) in [5.41, 5.74) is 0.715. The molecule has 1 saturated heterocycles. The van der Waals surface area contributed by atoms with Crippen molar-refractivity contribution in [1.82, 2.24) is 10.2 Å². The van der Waals surface area contributed by atoms with Gasteiger partial charge in [-0.2, -0.15) is 0 Å². The molecule has 7 heteroatoms. The van der Waals surface area contributed by atoms with Crippen molar-refractivity contribution in [3.8, 4) is 11.5 Å². The highest BCUT2D eigenvalue weighted by atomic mass is 16.7. The predicted octanol–water partition coefficient (Wildman–Crippen LogP) is 1.59. The molecule has 25 heavy (non-hydrogen) atoms. The van der Waals surface area contributed by atoms with Crippen LogP contribution in [0.15, 0.2) is 18.2 Å². The van der Waals surface area contributed by atoms with Gasteiger partial charge in [0.1, 0.15) is 0 Å². The van der Waals surface area contributed by atoms with Gasteiger partial charge in [-0.05, 0) is 51.9 Å². The van der Waals surface area contributed by atoms with Crippen molar-refractivity contribution in [2.24, 2.45) is 5.92 Å². The van der Waals surface area contributed by atoms with E-state index in [1.807, 2.05) is 19.9 Å². The van der Waals surface area contributed by atoms with E-state index in [1.54, 1.807) is 12.1 Å². The van der Waals surface area contributed by atoms with Gasteiger partial charge in [-0.1, -0.05) is 0 Å². The minimum Gasteiger partial charge on any atom is -0.454 e. The Kier molecular flexibility index (Phi) is 5.43. The zero-order chi connectivity index (χ0) is 17.8. The number of nitrogens with one attached hydrogen (secondary N) is 2. The standard InChI is InChI=1S/C18H25N3O4/c1-3-19-17(22)12(2)21-8-6-13(7-9-21)18(23)20-14-4-5-15-16(10-14)25-11-24-15/h4-5,10,12-13H,3,6-9,11H2,1-2H3,(H,19,22)(H,20,23)/t12-/m1/s1. The smallest absolute Gasteiger partial charge is 0.237 e. The summed E-state index contributed by atoms with van der Waals surface area (Å²) in [5, 5.41) is 5.80. The maximum Gasteiger partial charge on any atom is 0.237 e. The molecule has 136 valence electrons. The van der Waals surface area contributed by atoms with Crippen LogP contribution in [0, 0.1) is 5.92 Å². The van der Waals surface area contributed by atoms with E-state index in [0.29, 0.717) is 23.7 Å². The number of nitrogens with zero attached hydrogens (tertiary/aromatic N) is 1. The third-order valence-electron chi connectivity index (χ3n) is 4.82. The minimum atomic E-state index is -0.155. The van der Waals surface area contributed by atoms with Crippen molar-refractivity contribution >= 4 is 17.5 Å². The number of carbonyl (C=O) groups is 2. The molecule has 2 N–H and O–H groups in total. The molecule has 2 amide bonds. The van der Waals surface area contributed by atoms with Crippen LogP contribution in [0.2, 0.25) is 0 Å². The number of ether oxygens (including phenoxy) is 2. The topological polar surface area (TPSA) is 79.9 Å². The molecule has 0 spiro atoms. The van der Waals surface area contributed by atoms with Gasteiger partial charge in [-0.15, -0.1) is 0 Å². The monoisotopic (exact) mass is 347 g/mol. The third kappa shape index (κ3) is 4.04. The quantitative estimate of drug-likeness (QED) is 0.846. The highest BCUT2D eigenvalue weighted by molar-refractivity contribution is 5.93. The summed E-state index contributed by atoms with van der Waals surface area (Å²) in [6.45, 7) is 6.18. The Hall–Kier alpha value is -2.28. The van der Waals surface area contributed by atoms with E-state index in [-0.39, 0.29) is 30.6 Å². The van der Waals surface area contributed by atoms with Crippen LogP contribution in [0.4, 0.5) is 5.69 Å². The number of hydrogen-bond acceptors (Lipinski definition) is 5. The van der Waals surface area contributed by atoms with Crippen LogP contribution in [0.1, 0.15) is 26.7 Å². The zero-order valence-electron chi connectivity index (χ0n) is 14.7. The lowest BCUT2D eigenvalue weighted by Gasteiger charge is -2.34. The van der Waals surface area contributed by atoms with Gasteiger partial charge >= 0.3 is 0 Å². The first-order valence-electron chi connectivity index (χ1n) is 8.80.